The first-order valence-electron chi connectivity index (χ1n) is 6.10. The minimum absolute atomic E-state index is 0.0964. The SMILES string of the molecule is Cn1c(N)ccc1CON1C(=O)c2ccccc2C1=O. The second-order valence-electron chi connectivity index (χ2n) is 4.53. The van der Waals surface area contributed by atoms with Crippen LogP contribution in [0.1, 0.15) is 26.4 Å². The third kappa shape index (κ3) is 1.78. The van der Waals surface area contributed by atoms with Crippen LogP contribution < -0.4 is 5.73 Å². The van der Waals surface area contributed by atoms with Crippen molar-refractivity contribution < 1.29 is 14.4 Å². The Hall–Kier alpha value is -2.60. The molecule has 0 spiro atoms. The van der Waals surface area contributed by atoms with Crippen LogP contribution in [0.4, 0.5) is 5.82 Å². The van der Waals surface area contributed by atoms with Gasteiger partial charge in [0.15, 0.2) is 0 Å². The van der Waals surface area contributed by atoms with Gasteiger partial charge in [-0.15, -0.1) is 5.06 Å². The molecular formula is C14H13N3O3. The number of anilines is 1. The first-order chi connectivity index (χ1) is 9.59. The Balaban J connectivity index is 1.79. The van der Waals surface area contributed by atoms with Crippen molar-refractivity contribution in [3.8, 4) is 0 Å². The molecule has 1 aliphatic rings. The zero-order valence-corrected chi connectivity index (χ0v) is 10.9. The van der Waals surface area contributed by atoms with Gasteiger partial charge < -0.3 is 10.3 Å². The summed E-state index contributed by atoms with van der Waals surface area (Å²) in [6, 6.07) is 10.2. The summed E-state index contributed by atoms with van der Waals surface area (Å²) >= 11 is 0. The number of nitrogens with zero attached hydrogens (tertiary/aromatic N) is 2. The first-order valence-corrected chi connectivity index (χ1v) is 6.10. The minimum atomic E-state index is -0.437. The number of fused-ring (bicyclic) bond motifs is 1. The van der Waals surface area contributed by atoms with E-state index < -0.39 is 11.8 Å². The molecule has 0 aliphatic carbocycles. The minimum Gasteiger partial charge on any atom is -0.385 e. The van der Waals surface area contributed by atoms with E-state index in [-0.39, 0.29) is 6.61 Å². The second-order valence-corrected chi connectivity index (χ2v) is 4.53. The van der Waals surface area contributed by atoms with E-state index in [2.05, 4.69) is 0 Å². The van der Waals surface area contributed by atoms with Crippen LogP contribution in [-0.2, 0) is 18.5 Å². The number of aromatic nitrogens is 1. The maximum absolute atomic E-state index is 12.1. The average Bonchev–Trinajstić information content (AvgIpc) is 2.90. The van der Waals surface area contributed by atoms with Crippen molar-refractivity contribution in [3.05, 3.63) is 53.2 Å². The van der Waals surface area contributed by atoms with E-state index in [1.807, 2.05) is 0 Å². The molecule has 1 aliphatic heterocycles. The van der Waals surface area contributed by atoms with E-state index in [1.165, 1.54) is 0 Å². The van der Waals surface area contributed by atoms with Gasteiger partial charge in [0.25, 0.3) is 11.8 Å². The molecule has 102 valence electrons. The topological polar surface area (TPSA) is 77.6 Å². The van der Waals surface area contributed by atoms with Crippen LogP contribution in [-0.4, -0.2) is 21.4 Å². The van der Waals surface area contributed by atoms with Crippen LogP contribution in [0.2, 0.25) is 0 Å². The van der Waals surface area contributed by atoms with E-state index in [0.717, 1.165) is 10.8 Å². The van der Waals surface area contributed by atoms with E-state index >= 15 is 0 Å². The summed E-state index contributed by atoms with van der Waals surface area (Å²) in [4.78, 5) is 29.5. The molecule has 1 aromatic heterocycles. The highest BCUT2D eigenvalue weighted by molar-refractivity contribution is 6.20. The van der Waals surface area contributed by atoms with Gasteiger partial charge in [-0.1, -0.05) is 12.1 Å². The predicted molar refractivity (Wildman–Crippen MR) is 71.6 cm³/mol. The van der Waals surface area contributed by atoms with E-state index in [1.54, 1.807) is 48.0 Å². The fraction of sp³-hybridized carbons (Fsp3) is 0.143. The molecule has 0 saturated carbocycles. The summed E-state index contributed by atoms with van der Waals surface area (Å²) < 4.78 is 1.73. The van der Waals surface area contributed by atoms with Gasteiger partial charge in [0.1, 0.15) is 12.4 Å². The highest BCUT2D eigenvalue weighted by Gasteiger charge is 2.36. The number of hydrogen-bond acceptors (Lipinski definition) is 4. The van der Waals surface area contributed by atoms with Gasteiger partial charge >= 0.3 is 0 Å². The van der Waals surface area contributed by atoms with Gasteiger partial charge in [-0.05, 0) is 24.3 Å². The maximum atomic E-state index is 12.1. The number of amides is 2. The number of rotatable bonds is 3. The number of hydrogen-bond donors (Lipinski definition) is 1. The lowest BCUT2D eigenvalue weighted by molar-refractivity contribution is -0.102. The van der Waals surface area contributed by atoms with Crippen LogP contribution in [0.3, 0.4) is 0 Å². The third-order valence-corrected chi connectivity index (χ3v) is 3.36. The molecule has 0 unspecified atom stereocenters. The number of carbonyl (C=O) groups excluding carboxylic acids is 2. The molecule has 0 fully saturated rings. The Bertz CT molecular complexity index is 670. The molecule has 0 bridgehead atoms. The smallest absolute Gasteiger partial charge is 0.285 e. The van der Waals surface area contributed by atoms with Crippen LogP contribution in [0, 0.1) is 0 Å². The molecule has 0 saturated heterocycles. The maximum Gasteiger partial charge on any atom is 0.285 e. The highest BCUT2D eigenvalue weighted by atomic mass is 16.7. The Morgan fingerprint density at radius 3 is 2.15 bits per heavy atom. The summed E-state index contributed by atoms with van der Waals surface area (Å²) in [7, 11) is 1.79. The molecule has 6 nitrogen and oxygen atoms in total. The number of nitrogen functional groups attached to an aromatic ring is 1. The highest BCUT2D eigenvalue weighted by Crippen LogP contribution is 2.23. The van der Waals surface area contributed by atoms with Gasteiger partial charge in [-0.3, -0.25) is 14.4 Å². The van der Waals surface area contributed by atoms with Crippen molar-refractivity contribution in [2.24, 2.45) is 7.05 Å². The molecule has 6 heteroatoms. The lowest BCUT2D eigenvalue weighted by atomic mass is 10.1. The largest absolute Gasteiger partial charge is 0.385 e. The Labute approximate surface area is 115 Å². The molecule has 1 aromatic carbocycles. The van der Waals surface area contributed by atoms with Crippen molar-refractivity contribution >= 4 is 17.6 Å². The number of imide groups is 1. The van der Waals surface area contributed by atoms with Crippen LogP contribution in [0.25, 0.3) is 0 Å². The third-order valence-electron chi connectivity index (χ3n) is 3.36. The molecule has 3 rings (SSSR count). The summed E-state index contributed by atoms with van der Waals surface area (Å²) in [5.74, 6) is -0.286. The van der Waals surface area contributed by atoms with Crippen LogP contribution >= 0.6 is 0 Å². The number of carbonyl (C=O) groups is 2. The van der Waals surface area contributed by atoms with Crippen molar-refractivity contribution in [1.29, 1.82) is 0 Å². The van der Waals surface area contributed by atoms with Crippen LogP contribution in [0.5, 0.6) is 0 Å². The van der Waals surface area contributed by atoms with E-state index in [9.17, 15) is 9.59 Å². The van der Waals surface area contributed by atoms with Crippen molar-refractivity contribution in [1.82, 2.24) is 9.63 Å². The van der Waals surface area contributed by atoms with Gasteiger partial charge in [0.2, 0.25) is 0 Å². The Kier molecular flexibility index (Phi) is 2.80. The van der Waals surface area contributed by atoms with Crippen molar-refractivity contribution in [2.45, 2.75) is 6.61 Å². The predicted octanol–water partition coefficient (Wildman–Crippen LogP) is 1.34. The van der Waals surface area contributed by atoms with Crippen LogP contribution in [0.15, 0.2) is 36.4 Å². The van der Waals surface area contributed by atoms with Gasteiger partial charge in [-0.25, -0.2) is 0 Å². The van der Waals surface area contributed by atoms with Crippen molar-refractivity contribution in [2.75, 3.05) is 5.73 Å². The van der Waals surface area contributed by atoms with Gasteiger partial charge in [0.05, 0.1) is 11.1 Å². The number of benzene rings is 1. The normalized spacial score (nSPS) is 13.9. The van der Waals surface area contributed by atoms with Crippen molar-refractivity contribution in [3.63, 3.8) is 0 Å². The molecular weight excluding hydrogens is 258 g/mol. The zero-order valence-electron chi connectivity index (χ0n) is 10.9. The molecule has 0 atom stereocenters. The molecule has 0 radical (unpaired) electrons. The quantitative estimate of drug-likeness (QED) is 0.854. The monoisotopic (exact) mass is 271 g/mol. The zero-order chi connectivity index (χ0) is 14.3. The van der Waals surface area contributed by atoms with Gasteiger partial charge in [-0.2, -0.15) is 0 Å². The summed E-state index contributed by atoms with van der Waals surface area (Å²) in [5.41, 5.74) is 7.21. The fourth-order valence-electron chi connectivity index (χ4n) is 2.13. The number of hydroxylamine groups is 2. The van der Waals surface area contributed by atoms with E-state index in [4.69, 9.17) is 10.6 Å². The second kappa shape index (κ2) is 4.50. The molecule has 20 heavy (non-hydrogen) atoms. The molecule has 2 N–H and O–H groups in total. The summed E-state index contributed by atoms with van der Waals surface area (Å²) in [6.07, 6.45) is 0. The lowest BCUT2D eigenvalue weighted by Crippen LogP contribution is -2.30. The molecule has 2 amide bonds. The Morgan fingerprint density at radius 2 is 1.65 bits per heavy atom. The number of nitrogens with two attached hydrogens (primary N) is 1. The van der Waals surface area contributed by atoms with E-state index in [0.29, 0.717) is 16.9 Å². The Morgan fingerprint density at radius 1 is 1.05 bits per heavy atom. The van der Waals surface area contributed by atoms with Gasteiger partial charge in [0, 0.05) is 12.7 Å². The fourth-order valence-corrected chi connectivity index (χ4v) is 2.13. The first kappa shape index (κ1) is 12.4. The lowest BCUT2D eigenvalue weighted by Gasteiger charge is -2.13. The molecule has 2 heterocycles. The standard InChI is InChI=1S/C14H13N3O3/c1-16-9(6-7-12(16)15)8-20-17-13(18)10-4-2-3-5-11(10)14(17)19/h2-7H,8,15H2,1H3. The summed E-state index contributed by atoms with van der Waals surface area (Å²) in [5, 5.41) is 0.799. The average molecular weight is 271 g/mol. The summed E-state index contributed by atoms with van der Waals surface area (Å²) in [6.45, 7) is 0.0964. The molecule has 2 aromatic rings.